The summed E-state index contributed by atoms with van der Waals surface area (Å²) in [5.74, 6) is 1.67. The Bertz CT molecular complexity index is 602. The average Bonchev–Trinajstić information content (AvgIpc) is 2.43. The Morgan fingerprint density at radius 2 is 2.05 bits per heavy atom. The van der Waals surface area contributed by atoms with Crippen molar-refractivity contribution < 1.29 is 0 Å². The molecule has 2 rings (SSSR count). The number of thioether (sulfide) groups is 1. The molecule has 1 aromatic heterocycles. The maximum absolute atomic E-state index is 4.64. The maximum Gasteiger partial charge on any atom is 0.139 e. The number of nitrogens with zero attached hydrogens (tertiary/aromatic N) is 2. The van der Waals surface area contributed by atoms with Gasteiger partial charge in [0.15, 0.2) is 0 Å². The van der Waals surface area contributed by atoms with Crippen LogP contribution in [0, 0.1) is 6.92 Å². The number of rotatable bonds is 6. The van der Waals surface area contributed by atoms with Gasteiger partial charge in [-0.2, -0.15) is 0 Å². The first kappa shape index (κ1) is 16.5. The van der Waals surface area contributed by atoms with E-state index in [1.54, 1.807) is 11.8 Å². The minimum absolute atomic E-state index is 0.458. The third-order valence-corrected chi connectivity index (χ3v) is 4.29. The molecule has 1 aromatic carbocycles. The molecule has 0 bridgehead atoms. The largest absolute Gasteiger partial charge is 0.309 e. The second-order valence-corrected chi connectivity index (χ2v) is 7.16. The van der Waals surface area contributed by atoms with Gasteiger partial charge in [0.1, 0.15) is 5.82 Å². The van der Waals surface area contributed by atoms with Crippen molar-refractivity contribution in [2.75, 3.05) is 0 Å². The van der Waals surface area contributed by atoms with Crippen molar-refractivity contribution in [2.24, 2.45) is 0 Å². The first-order chi connectivity index (χ1) is 10.0. The van der Waals surface area contributed by atoms with Gasteiger partial charge in [0, 0.05) is 27.6 Å². The van der Waals surface area contributed by atoms with Crippen molar-refractivity contribution in [3.05, 3.63) is 52.0 Å². The van der Waals surface area contributed by atoms with Crippen LogP contribution >= 0.6 is 27.7 Å². The van der Waals surface area contributed by atoms with E-state index in [1.165, 1.54) is 4.90 Å². The van der Waals surface area contributed by atoms with E-state index in [1.807, 2.05) is 25.1 Å². The Balaban J connectivity index is 2.02. The smallest absolute Gasteiger partial charge is 0.139 e. The molecule has 112 valence electrons. The molecule has 0 spiro atoms. The molecule has 5 heteroatoms. The van der Waals surface area contributed by atoms with Crippen molar-refractivity contribution in [3.63, 3.8) is 0 Å². The lowest BCUT2D eigenvalue weighted by Gasteiger charge is -2.09. The van der Waals surface area contributed by atoms with Crippen LogP contribution in [0.15, 0.2) is 39.7 Å². The number of hydrogen-bond donors (Lipinski definition) is 1. The van der Waals surface area contributed by atoms with Crippen molar-refractivity contribution in [1.82, 2.24) is 15.3 Å². The Morgan fingerprint density at radius 3 is 2.76 bits per heavy atom. The summed E-state index contributed by atoms with van der Waals surface area (Å²) < 4.78 is 1.10. The lowest BCUT2D eigenvalue weighted by Crippen LogP contribution is -2.22. The zero-order valence-electron chi connectivity index (χ0n) is 12.6. The number of benzene rings is 1. The minimum Gasteiger partial charge on any atom is -0.309 e. The molecular weight excluding hydrogens is 346 g/mol. The molecule has 0 aliphatic carbocycles. The van der Waals surface area contributed by atoms with Gasteiger partial charge < -0.3 is 5.32 Å². The van der Waals surface area contributed by atoms with E-state index < -0.39 is 0 Å². The highest BCUT2D eigenvalue weighted by Gasteiger charge is 2.05. The minimum atomic E-state index is 0.458. The molecule has 0 atom stereocenters. The summed E-state index contributed by atoms with van der Waals surface area (Å²) in [6.07, 6.45) is 0. The molecule has 0 radical (unpaired) electrons. The summed E-state index contributed by atoms with van der Waals surface area (Å²) in [5, 5.41) is 3.39. The Labute approximate surface area is 139 Å². The van der Waals surface area contributed by atoms with E-state index in [2.05, 4.69) is 57.2 Å². The van der Waals surface area contributed by atoms with Gasteiger partial charge in [-0.25, -0.2) is 9.97 Å². The number of halogens is 1. The average molecular weight is 366 g/mol. The van der Waals surface area contributed by atoms with Crippen LogP contribution in [0.4, 0.5) is 0 Å². The topological polar surface area (TPSA) is 37.8 Å². The first-order valence-electron chi connectivity index (χ1n) is 6.98. The van der Waals surface area contributed by atoms with Crippen LogP contribution in [0.3, 0.4) is 0 Å². The van der Waals surface area contributed by atoms with E-state index in [-0.39, 0.29) is 0 Å². The lowest BCUT2D eigenvalue weighted by atomic mass is 10.3. The lowest BCUT2D eigenvalue weighted by molar-refractivity contribution is 0.579. The summed E-state index contributed by atoms with van der Waals surface area (Å²) >= 11 is 5.25. The third-order valence-electron chi connectivity index (χ3n) is 2.81. The highest BCUT2D eigenvalue weighted by atomic mass is 79.9. The normalized spacial score (nSPS) is 11.1. The molecule has 0 saturated heterocycles. The molecule has 2 aromatic rings. The van der Waals surface area contributed by atoms with Crippen LogP contribution in [0.1, 0.15) is 31.1 Å². The van der Waals surface area contributed by atoms with Crippen molar-refractivity contribution >= 4 is 27.7 Å². The van der Waals surface area contributed by atoms with Gasteiger partial charge in [-0.15, -0.1) is 11.8 Å². The second kappa shape index (κ2) is 7.92. The van der Waals surface area contributed by atoms with Gasteiger partial charge in [-0.3, -0.25) is 0 Å². The molecule has 1 heterocycles. The Morgan fingerprint density at radius 1 is 1.24 bits per heavy atom. The van der Waals surface area contributed by atoms with Crippen LogP contribution in [-0.4, -0.2) is 16.0 Å². The van der Waals surface area contributed by atoms with Crippen molar-refractivity contribution in [1.29, 1.82) is 0 Å². The standard InChI is InChI=1S/C16H20BrN3S/c1-11(2)18-9-14-7-12(3)19-16(20-14)10-21-15-6-4-5-13(17)8-15/h4-8,11,18H,9-10H2,1-3H3. The molecule has 0 unspecified atom stereocenters. The fourth-order valence-corrected chi connectivity index (χ4v) is 3.23. The van der Waals surface area contributed by atoms with Gasteiger partial charge in [-0.1, -0.05) is 35.8 Å². The molecular formula is C16H20BrN3S. The zero-order valence-corrected chi connectivity index (χ0v) is 15.0. The van der Waals surface area contributed by atoms with E-state index in [9.17, 15) is 0 Å². The molecule has 21 heavy (non-hydrogen) atoms. The van der Waals surface area contributed by atoms with Crippen molar-refractivity contribution in [2.45, 2.75) is 44.0 Å². The highest BCUT2D eigenvalue weighted by Crippen LogP contribution is 2.24. The van der Waals surface area contributed by atoms with E-state index in [0.717, 1.165) is 34.0 Å². The van der Waals surface area contributed by atoms with Gasteiger partial charge in [0.2, 0.25) is 0 Å². The molecule has 0 aliphatic heterocycles. The Kier molecular flexibility index (Phi) is 6.21. The fraction of sp³-hybridized carbons (Fsp3) is 0.375. The van der Waals surface area contributed by atoms with E-state index in [4.69, 9.17) is 0 Å². The van der Waals surface area contributed by atoms with Crippen LogP contribution in [0.25, 0.3) is 0 Å². The highest BCUT2D eigenvalue weighted by molar-refractivity contribution is 9.10. The van der Waals surface area contributed by atoms with Gasteiger partial charge in [0.25, 0.3) is 0 Å². The van der Waals surface area contributed by atoms with Crippen LogP contribution in [0.2, 0.25) is 0 Å². The SMILES string of the molecule is Cc1cc(CNC(C)C)nc(CSc2cccc(Br)c2)n1. The fourth-order valence-electron chi connectivity index (χ4n) is 1.87. The summed E-state index contributed by atoms with van der Waals surface area (Å²) in [7, 11) is 0. The second-order valence-electron chi connectivity index (χ2n) is 5.20. The maximum atomic E-state index is 4.64. The quantitative estimate of drug-likeness (QED) is 0.772. The third kappa shape index (κ3) is 5.77. The monoisotopic (exact) mass is 365 g/mol. The van der Waals surface area contributed by atoms with Crippen LogP contribution < -0.4 is 5.32 Å². The molecule has 0 amide bonds. The molecule has 1 N–H and O–H groups in total. The van der Waals surface area contributed by atoms with Gasteiger partial charge in [0.05, 0.1) is 11.4 Å². The summed E-state index contributed by atoms with van der Waals surface area (Å²) in [4.78, 5) is 10.4. The predicted octanol–water partition coefficient (Wildman–Crippen LogP) is 4.34. The van der Waals surface area contributed by atoms with Gasteiger partial charge >= 0.3 is 0 Å². The van der Waals surface area contributed by atoms with Crippen LogP contribution in [0.5, 0.6) is 0 Å². The molecule has 0 aliphatic rings. The summed E-state index contributed by atoms with van der Waals surface area (Å²) in [6, 6.07) is 10.8. The van der Waals surface area contributed by atoms with Crippen LogP contribution in [-0.2, 0) is 12.3 Å². The van der Waals surface area contributed by atoms with E-state index >= 15 is 0 Å². The first-order valence-corrected chi connectivity index (χ1v) is 8.76. The van der Waals surface area contributed by atoms with Crippen molar-refractivity contribution in [3.8, 4) is 0 Å². The zero-order chi connectivity index (χ0) is 15.2. The van der Waals surface area contributed by atoms with E-state index in [0.29, 0.717) is 6.04 Å². The van der Waals surface area contributed by atoms with Gasteiger partial charge in [-0.05, 0) is 31.2 Å². The predicted molar refractivity (Wildman–Crippen MR) is 92.4 cm³/mol. The Hall–Kier alpha value is -0.910. The number of nitrogens with one attached hydrogen (secondary N) is 1. The molecule has 0 saturated carbocycles. The molecule has 0 fully saturated rings. The summed E-state index contributed by atoms with van der Waals surface area (Å²) in [5.41, 5.74) is 2.08. The molecule has 3 nitrogen and oxygen atoms in total. The number of hydrogen-bond acceptors (Lipinski definition) is 4. The number of aryl methyl sites for hydroxylation is 1. The number of aromatic nitrogens is 2. The summed E-state index contributed by atoms with van der Waals surface area (Å²) in [6.45, 7) is 7.08.